The molecule has 0 spiro atoms. The fraction of sp³-hybridized carbons (Fsp3) is 0.227. The van der Waals surface area contributed by atoms with Gasteiger partial charge in [-0.2, -0.15) is 13.2 Å². The SMILES string of the molecule is O=C(Nc1ccc(Cl)c(Cl)c1)N1CCc2nc(Cc3ccccc3C(F)(F)F)[nH]c(=O)c2C1. The number of alkyl halides is 3. The van der Waals surface area contributed by atoms with Crippen LogP contribution in [0.15, 0.2) is 47.3 Å². The van der Waals surface area contributed by atoms with Crippen LogP contribution in [0, 0.1) is 0 Å². The van der Waals surface area contributed by atoms with E-state index in [9.17, 15) is 22.8 Å². The number of nitrogens with one attached hydrogen (secondary N) is 2. The highest BCUT2D eigenvalue weighted by Crippen LogP contribution is 2.32. The lowest BCUT2D eigenvalue weighted by Gasteiger charge is -2.28. The molecule has 4 rings (SSSR count). The Labute approximate surface area is 196 Å². The number of amides is 2. The molecule has 6 nitrogen and oxygen atoms in total. The van der Waals surface area contributed by atoms with Crippen LogP contribution in [0.5, 0.6) is 0 Å². The van der Waals surface area contributed by atoms with Crippen LogP contribution in [0.25, 0.3) is 0 Å². The van der Waals surface area contributed by atoms with Crippen LogP contribution in [-0.2, 0) is 25.6 Å². The van der Waals surface area contributed by atoms with Gasteiger partial charge in [0.25, 0.3) is 5.56 Å². The molecule has 11 heteroatoms. The highest BCUT2D eigenvalue weighted by molar-refractivity contribution is 6.42. The van der Waals surface area contributed by atoms with Crippen LogP contribution in [0.2, 0.25) is 10.0 Å². The maximum absolute atomic E-state index is 13.3. The lowest BCUT2D eigenvalue weighted by molar-refractivity contribution is -0.138. The average Bonchev–Trinajstić information content (AvgIpc) is 2.76. The Morgan fingerprint density at radius 2 is 1.91 bits per heavy atom. The van der Waals surface area contributed by atoms with E-state index in [2.05, 4.69) is 15.3 Å². The molecule has 0 saturated heterocycles. The van der Waals surface area contributed by atoms with Gasteiger partial charge in [-0.1, -0.05) is 41.4 Å². The van der Waals surface area contributed by atoms with Gasteiger partial charge in [-0.3, -0.25) is 4.79 Å². The van der Waals surface area contributed by atoms with Gasteiger partial charge in [0, 0.05) is 25.1 Å². The first-order chi connectivity index (χ1) is 15.6. The predicted octanol–water partition coefficient (Wildman–Crippen LogP) is 5.28. The maximum Gasteiger partial charge on any atom is 0.416 e. The Morgan fingerprint density at radius 1 is 1.15 bits per heavy atom. The minimum atomic E-state index is -4.51. The zero-order valence-corrected chi connectivity index (χ0v) is 18.5. The van der Waals surface area contributed by atoms with Gasteiger partial charge in [-0.25, -0.2) is 9.78 Å². The Hall–Kier alpha value is -3.04. The first-order valence-corrected chi connectivity index (χ1v) is 10.6. The molecular formula is C22H17Cl2F3N4O2. The number of nitrogens with zero attached hydrogens (tertiary/aromatic N) is 2. The number of benzene rings is 2. The first kappa shape index (κ1) is 23.1. The molecule has 0 unspecified atom stereocenters. The van der Waals surface area contributed by atoms with Crippen molar-refractivity contribution in [3.63, 3.8) is 0 Å². The lowest BCUT2D eigenvalue weighted by atomic mass is 10.0. The van der Waals surface area contributed by atoms with Crippen LogP contribution in [-0.4, -0.2) is 27.4 Å². The molecule has 2 heterocycles. The van der Waals surface area contributed by atoms with Gasteiger partial charge >= 0.3 is 12.2 Å². The number of aromatic amines is 1. The largest absolute Gasteiger partial charge is 0.416 e. The van der Waals surface area contributed by atoms with Crippen molar-refractivity contribution in [2.24, 2.45) is 0 Å². The number of H-pyrrole nitrogens is 1. The van der Waals surface area contributed by atoms with Crippen LogP contribution in [0.3, 0.4) is 0 Å². The maximum atomic E-state index is 13.3. The van der Waals surface area contributed by atoms with Gasteiger partial charge in [0.05, 0.1) is 33.4 Å². The number of rotatable bonds is 3. The molecule has 2 aromatic carbocycles. The van der Waals surface area contributed by atoms with E-state index in [1.807, 2.05) is 0 Å². The van der Waals surface area contributed by atoms with Crippen LogP contribution < -0.4 is 10.9 Å². The third-order valence-electron chi connectivity index (χ3n) is 5.26. The summed E-state index contributed by atoms with van der Waals surface area (Å²) in [6.07, 6.45) is -4.38. The second kappa shape index (κ2) is 9.07. The monoisotopic (exact) mass is 496 g/mol. The molecule has 1 aromatic heterocycles. The zero-order valence-electron chi connectivity index (χ0n) is 17.0. The highest BCUT2D eigenvalue weighted by Gasteiger charge is 2.33. The van der Waals surface area contributed by atoms with Gasteiger partial charge in [0.15, 0.2) is 0 Å². The molecule has 3 aromatic rings. The second-order valence-corrected chi connectivity index (χ2v) is 8.31. The smallest absolute Gasteiger partial charge is 0.320 e. The molecule has 0 saturated carbocycles. The number of hydrogen-bond donors (Lipinski definition) is 2. The number of urea groups is 1. The van der Waals surface area contributed by atoms with Crippen molar-refractivity contribution < 1.29 is 18.0 Å². The minimum absolute atomic E-state index is 0.0181. The van der Waals surface area contributed by atoms with Crippen LogP contribution in [0.1, 0.15) is 28.2 Å². The Bertz CT molecular complexity index is 1280. The molecule has 172 valence electrons. The van der Waals surface area contributed by atoms with Crippen molar-refractivity contribution in [3.05, 3.63) is 91.1 Å². The molecule has 33 heavy (non-hydrogen) atoms. The Balaban J connectivity index is 1.52. The summed E-state index contributed by atoms with van der Waals surface area (Å²) in [6.45, 7) is 0.305. The fourth-order valence-electron chi connectivity index (χ4n) is 3.64. The zero-order chi connectivity index (χ0) is 23.8. The van der Waals surface area contributed by atoms with Gasteiger partial charge < -0.3 is 15.2 Å². The van der Waals surface area contributed by atoms with Crippen molar-refractivity contribution in [3.8, 4) is 0 Å². The van der Waals surface area contributed by atoms with E-state index in [1.165, 1.54) is 29.2 Å². The molecule has 0 atom stereocenters. The molecule has 2 N–H and O–H groups in total. The summed E-state index contributed by atoms with van der Waals surface area (Å²) in [6, 6.07) is 9.41. The summed E-state index contributed by atoms with van der Waals surface area (Å²) in [5.74, 6) is 0.143. The normalized spacial score (nSPS) is 13.5. The highest BCUT2D eigenvalue weighted by atomic mass is 35.5. The third kappa shape index (κ3) is 5.15. The molecule has 0 fully saturated rings. The van der Waals surface area contributed by atoms with Crippen molar-refractivity contribution in [1.82, 2.24) is 14.9 Å². The van der Waals surface area contributed by atoms with E-state index in [1.54, 1.807) is 12.1 Å². The number of carbonyl (C=O) groups excluding carboxylic acids is 1. The number of carbonyl (C=O) groups is 1. The lowest BCUT2D eigenvalue weighted by Crippen LogP contribution is -2.42. The number of aromatic nitrogens is 2. The standard InChI is InChI=1S/C22H17Cl2F3N4O2/c23-16-6-5-13(10-17(16)24)28-21(33)31-8-7-18-14(11-31)20(32)30-19(29-18)9-12-3-1-2-4-15(12)22(25,26)27/h1-6,10H,7-9,11H2,(H,28,33)(H,29,30,32). The predicted molar refractivity (Wildman–Crippen MR) is 119 cm³/mol. The van der Waals surface area contributed by atoms with Crippen LogP contribution in [0.4, 0.5) is 23.7 Å². The van der Waals surface area contributed by atoms with Gasteiger partial charge in [-0.05, 0) is 29.8 Å². The van der Waals surface area contributed by atoms with Crippen LogP contribution >= 0.6 is 23.2 Å². The number of anilines is 1. The summed E-state index contributed by atoms with van der Waals surface area (Å²) in [4.78, 5) is 33.7. The van der Waals surface area contributed by atoms with Gasteiger partial charge in [0.2, 0.25) is 0 Å². The van der Waals surface area contributed by atoms with Crippen molar-refractivity contribution >= 4 is 34.9 Å². The van der Waals surface area contributed by atoms with E-state index in [4.69, 9.17) is 23.2 Å². The van der Waals surface area contributed by atoms with Crippen molar-refractivity contribution in [2.75, 3.05) is 11.9 Å². The fourth-order valence-corrected chi connectivity index (χ4v) is 3.94. The van der Waals surface area contributed by atoms with E-state index < -0.39 is 23.3 Å². The van der Waals surface area contributed by atoms with Gasteiger partial charge in [-0.15, -0.1) is 0 Å². The summed E-state index contributed by atoms with van der Waals surface area (Å²) in [5, 5.41) is 3.34. The number of hydrogen-bond acceptors (Lipinski definition) is 3. The Kier molecular flexibility index (Phi) is 6.36. The summed E-state index contributed by atoms with van der Waals surface area (Å²) < 4.78 is 39.8. The minimum Gasteiger partial charge on any atom is -0.320 e. The molecular weight excluding hydrogens is 480 g/mol. The van der Waals surface area contributed by atoms with Crippen molar-refractivity contribution in [2.45, 2.75) is 25.6 Å². The topological polar surface area (TPSA) is 78.1 Å². The molecule has 0 radical (unpaired) electrons. The number of halogens is 5. The molecule has 1 aliphatic rings. The molecule has 1 aliphatic heterocycles. The first-order valence-electron chi connectivity index (χ1n) is 9.89. The van der Waals surface area contributed by atoms with E-state index in [0.29, 0.717) is 33.4 Å². The van der Waals surface area contributed by atoms with E-state index in [-0.39, 0.29) is 30.9 Å². The molecule has 2 amide bonds. The quantitative estimate of drug-likeness (QED) is 0.517. The average molecular weight is 497 g/mol. The Morgan fingerprint density at radius 3 is 2.64 bits per heavy atom. The second-order valence-electron chi connectivity index (χ2n) is 7.50. The van der Waals surface area contributed by atoms with Crippen molar-refractivity contribution in [1.29, 1.82) is 0 Å². The summed E-state index contributed by atoms with van der Waals surface area (Å²) in [5.41, 5.74) is -0.00489. The van der Waals surface area contributed by atoms with E-state index in [0.717, 1.165) is 6.07 Å². The number of fused-ring (bicyclic) bond motifs is 1. The molecule has 0 aliphatic carbocycles. The summed E-state index contributed by atoms with van der Waals surface area (Å²) >= 11 is 11.8. The molecule has 0 bridgehead atoms. The van der Waals surface area contributed by atoms with Gasteiger partial charge in [0.1, 0.15) is 5.82 Å². The van der Waals surface area contributed by atoms with E-state index >= 15 is 0 Å². The third-order valence-corrected chi connectivity index (χ3v) is 6.00. The summed E-state index contributed by atoms with van der Waals surface area (Å²) in [7, 11) is 0.